The molecule has 3 aromatic heterocycles. The van der Waals surface area contributed by atoms with Crippen LogP contribution in [0.15, 0.2) is 64.7 Å². The molecule has 0 bridgehead atoms. The largest absolute Gasteiger partial charge is 0.376 e. The third kappa shape index (κ3) is 4.01. The number of benzene rings is 1. The number of pyridine rings is 1. The molecule has 1 aromatic carbocycles. The molecule has 0 radical (unpaired) electrons. The monoisotopic (exact) mass is 419 g/mol. The van der Waals surface area contributed by atoms with Crippen molar-refractivity contribution in [1.29, 1.82) is 0 Å². The van der Waals surface area contributed by atoms with Crippen LogP contribution in [0, 0.1) is 0 Å². The van der Waals surface area contributed by atoms with E-state index >= 15 is 0 Å². The van der Waals surface area contributed by atoms with Gasteiger partial charge in [-0.2, -0.15) is 0 Å². The number of ether oxygens (including phenoxy) is 1. The lowest BCUT2D eigenvalue weighted by Crippen LogP contribution is -2.19. The fraction of sp³-hybridized carbons (Fsp3) is 0.273. The van der Waals surface area contributed by atoms with Gasteiger partial charge >= 0.3 is 0 Å². The molecule has 1 saturated heterocycles. The highest BCUT2D eigenvalue weighted by atomic mass is 32.2. The first-order valence-electron chi connectivity index (χ1n) is 9.99. The Morgan fingerprint density at radius 1 is 1.13 bits per heavy atom. The number of fused-ring (bicyclic) bond motifs is 2. The lowest BCUT2D eigenvalue weighted by Gasteiger charge is -2.14. The molecule has 4 aromatic rings. The van der Waals surface area contributed by atoms with Crippen LogP contribution in [-0.4, -0.2) is 38.6 Å². The van der Waals surface area contributed by atoms with E-state index in [1.165, 1.54) is 16.2 Å². The average molecular weight is 420 g/mol. The Bertz CT molecular complexity index is 1250. The SMILES string of the molecule is O=c1cc(CSc2nc(NC[C@H]3CCCO3)c3ccccc3n2)nc2ccccn12. The molecule has 5 rings (SSSR count). The number of hydrogen-bond acceptors (Lipinski definition) is 7. The smallest absolute Gasteiger partial charge is 0.258 e. The second-order valence-electron chi connectivity index (χ2n) is 7.19. The molecule has 0 saturated carbocycles. The predicted octanol–water partition coefficient (Wildman–Crippen LogP) is 3.52. The van der Waals surface area contributed by atoms with Crippen molar-refractivity contribution in [3.63, 3.8) is 0 Å². The number of aromatic nitrogens is 4. The molecule has 1 aliphatic heterocycles. The van der Waals surface area contributed by atoms with Crippen LogP contribution in [0.5, 0.6) is 0 Å². The highest BCUT2D eigenvalue weighted by Gasteiger charge is 2.16. The lowest BCUT2D eigenvalue weighted by atomic mass is 10.2. The number of thioether (sulfide) groups is 1. The maximum atomic E-state index is 12.3. The highest BCUT2D eigenvalue weighted by Crippen LogP contribution is 2.26. The highest BCUT2D eigenvalue weighted by molar-refractivity contribution is 7.98. The third-order valence-electron chi connectivity index (χ3n) is 5.08. The van der Waals surface area contributed by atoms with Gasteiger partial charge in [0.1, 0.15) is 11.5 Å². The van der Waals surface area contributed by atoms with Crippen LogP contribution < -0.4 is 10.9 Å². The molecule has 8 heteroatoms. The van der Waals surface area contributed by atoms with Crippen molar-refractivity contribution in [2.45, 2.75) is 29.9 Å². The second kappa shape index (κ2) is 8.41. The quantitative estimate of drug-likeness (QED) is 0.378. The van der Waals surface area contributed by atoms with Gasteiger partial charge in [-0.1, -0.05) is 30.0 Å². The molecule has 0 spiro atoms. The van der Waals surface area contributed by atoms with Crippen molar-refractivity contribution in [1.82, 2.24) is 19.4 Å². The van der Waals surface area contributed by atoms with Gasteiger partial charge in [0, 0.05) is 36.6 Å². The first-order valence-corrected chi connectivity index (χ1v) is 11.0. The molecular weight excluding hydrogens is 398 g/mol. The van der Waals surface area contributed by atoms with E-state index in [0.717, 1.165) is 42.7 Å². The summed E-state index contributed by atoms with van der Waals surface area (Å²) in [6.45, 7) is 1.56. The average Bonchev–Trinajstić information content (AvgIpc) is 3.30. The van der Waals surface area contributed by atoms with Crippen LogP contribution in [0.3, 0.4) is 0 Å². The summed E-state index contributed by atoms with van der Waals surface area (Å²) in [4.78, 5) is 26.3. The van der Waals surface area contributed by atoms with Crippen LogP contribution in [0.25, 0.3) is 16.6 Å². The van der Waals surface area contributed by atoms with Crippen LogP contribution in [0.2, 0.25) is 0 Å². The van der Waals surface area contributed by atoms with Gasteiger partial charge < -0.3 is 10.1 Å². The summed E-state index contributed by atoms with van der Waals surface area (Å²) in [6, 6.07) is 15.1. The number of anilines is 1. The summed E-state index contributed by atoms with van der Waals surface area (Å²) in [5.41, 5.74) is 2.15. The number of rotatable bonds is 6. The van der Waals surface area contributed by atoms with E-state index in [0.29, 0.717) is 22.3 Å². The Kier molecular flexibility index (Phi) is 5.33. The van der Waals surface area contributed by atoms with E-state index in [1.807, 2.05) is 42.5 Å². The first-order chi connectivity index (χ1) is 14.8. The number of nitrogens with one attached hydrogen (secondary N) is 1. The van der Waals surface area contributed by atoms with Gasteiger partial charge in [-0.15, -0.1) is 0 Å². The fourth-order valence-electron chi connectivity index (χ4n) is 3.59. The molecule has 0 aliphatic carbocycles. The summed E-state index contributed by atoms with van der Waals surface area (Å²) >= 11 is 1.47. The Morgan fingerprint density at radius 2 is 2.03 bits per heavy atom. The van der Waals surface area contributed by atoms with Crippen molar-refractivity contribution in [3.8, 4) is 0 Å². The molecule has 4 heterocycles. The molecule has 1 fully saturated rings. The topological polar surface area (TPSA) is 81.4 Å². The summed E-state index contributed by atoms with van der Waals surface area (Å²) in [6.07, 6.45) is 4.13. The minimum atomic E-state index is -0.0884. The maximum Gasteiger partial charge on any atom is 0.258 e. The second-order valence-corrected chi connectivity index (χ2v) is 8.13. The van der Waals surface area contributed by atoms with Crippen LogP contribution >= 0.6 is 11.8 Å². The maximum absolute atomic E-state index is 12.3. The van der Waals surface area contributed by atoms with Crippen LogP contribution in [0.4, 0.5) is 5.82 Å². The Labute approximate surface area is 177 Å². The lowest BCUT2D eigenvalue weighted by molar-refractivity contribution is 0.120. The normalized spacial score (nSPS) is 16.3. The van der Waals surface area contributed by atoms with Gasteiger partial charge in [0.05, 0.1) is 17.3 Å². The Balaban J connectivity index is 1.39. The number of hydrogen-bond donors (Lipinski definition) is 1. The zero-order valence-corrected chi connectivity index (χ0v) is 17.1. The predicted molar refractivity (Wildman–Crippen MR) is 118 cm³/mol. The minimum absolute atomic E-state index is 0.0884. The molecule has 0 unspecified atom stereocenters. The van der Waals surface area contributed by atoms with E-state index in [2.05, 4.69) is 15.3 Å². The minimum Gasteiger partial charge on any atom is -0.376 e. The number of para-hydroxylation sites is 1. The standard InChI is InChI=1S/C22H21N5O2S/c28-20-12-15(24-19-9-3-4-10-27(19)20)14-30-22-25-18-8-2-1-7-17(18)21(26-22)23-13-16-6-5-11-29-16/h1-4,7-10,12,16H,5-6,11,13-14H2,(H,23,25,26)/t16-/m1/s1. The van der Waals surface area contributed by atoms with Crippen molar-refractivity contribution >= 4 is 34.1 Å². The van der Waals surface area contributed by atoms with Crippen molar-refractivity contribution < 1.29 is 4.74 Å². The summed E-state index contributed by atoms with van der Waals surface area (Å²) in [7, 11) is 0. The molecule has 30 heavy (non-hydrogen) atoms. The van der Waals surface area contributed by atoms with Gasteiger partial charge in [0.15, 0.2) is 5.16 Å². The van der Waals surface area contributed by atoms with Gasteiger partial charge in [0.2, 0.25) is 0 Å². The van der Waals surface area contributed by atoms with Gasteiger partial charge in [-0.3, -0.25) is 9.20 Å². The zero-order valence-electron chi connectivity index (χ0n) is 16.3. The molecule has 0 amide bonds. The summed E-state index contributed by atoms with van der Waals surface area (Å²) < 4.78 is 7.25. The third-order valence-corrected chi connectivity index (χ3v) is 5.96. The van der Waals surface area contributed by atoms with Crippen LogP contribution in [-0.2, 0) is 10.5 Å². The molecule has 152 valence electrons. The van der Waals surface area contributed by atoms with Gasteiger partial charge in [-0.05, 0) is 37.1 Å². The number of nitrogens with zero attached hydrogens (tertiary/aromatic N) is 4. The van der Waals surface area contributed by atoms with Crippen molar-refractivity contribution in [3.05, 3.63) is 70.8 Å². The molecule has 1 atom stereocenters. The molecule has 1 N–H and O–H groups in total. The Hall–Kier alpha value is -2.97. The Morgan fingerprint density at radius 3 is 2.93 bits per heavy atom. The van der Waals surface area contributed by atoms with E-state index in [1.54, 1.807) is 12.3 Å². The zero-order chi connectivity index (χ0) is 20.3. The first kappa shape index (κ1) is 19.0. The molecular formula is C22H21N5O2S. The van der Waals surface area contributed by atoms with E-state index in [-0.39, 0.29) is 11.7 Å². The van der Waals surface area contributed by atoms with E-state index < -0.39 is 0 Å². The van der Waals surface area contributed by atoms with Crippen molar-refractivity contribution in [2.24, 2.45) is 0 Å². The van der Waals surface area contributed by atoms with Gasteiger partial charge in [0.25, 0.3) is 5.56 Å². The van der Waals surface area contributed by atoms with Crippen molar-refractivity contribution in [2.75, 3.05) is 18.5 Å². The van der Waals surface area contributed by atoms with Crippen LogP contribution in [0.1, 0.15) is 18.5 Å². The fourth-order valence-corrected chi connectivity index (χ4v) is 4.33. The summed E-state index contributed by atoms with van der Waals surface area (Å²) in [5.74, 6) is 1.33. The summed E-state index contributed by atoms with van der Waals surface area (Å²) in [5, 5.41) is 5.08. The molecule has 1 aliphatic rings. The molecule has 7 nitrogen and oxygen atoms in total. The van der Waals surface area contributed by atoms with E-state index in [4.69, 9.17) is 9.72 Å². The van der Waals surface area contributed by atoms with Gasteiger partial charge in [-0.25, -0.2) is 15.0 Å². The van der Waals surface area contributed by atoms with E-state index in [9.17, 15) is 4.79 Å².